The van der Waals surface area contributed by atoms with Gasteiger partial charge in [-0.05, 0) is 43.7 Å². The van der Waals surface area contributed by atoms with E-state index in [4.69, 9.17) is 4.74 Å². The molecule has 2 aromatic rings. The normalized spacial score (nSPS) is 20.0. The first-order valence-electron chi connectivity index (χ1n) is 8.93. The molecule has 0 N–H and O–H groups in total. The number of hydrogen-bond acceptors (Lipinski definition) is 4. The van der Waals surface area contributed by atoms with E-state index in [1.54, 1.807) is 12.3 Å². The van der Waals surface area contributed by atoms with Crippen LogP contribution in [-0.4, -0.2) is 27.3 Å². The summed E-state index contributed by atoms with van der Waals surface area (Å²) in [5.41, 5.74) is 0.675. The fourth-order valence-electron chi connectivity index (χ4n) is 4.07. The van der Waals surface area contributed by atoms with Crippen LogP contribution in [0.2, 0.25) is 0 Å². The molecule has 0 spiro atoms. The minimum Gasteiger partial charge on any atom is -0.381 e. The van der Waals surface area contributed by atoms with E-state index in [9.17, 15) is 9.59 Å². The lowest BCUT2D eigenvalue weighted by Crippen LogP contribution is -2.43. The smallest absolute Gasteiger partial charge is 0.331 e. The zero-order valence-electron chi connectivity index (χ0n) is 13.8. The Bertz CT molecular complexity index is 843. The molecule has 24 heavy (non-hydrogen) atoms. The maximum atomic E-state index is 13.1. The minimum absolute atomic E-state index is 0.168. The molecule has 2 aromatic heterocycles. The van der Waals surface area contributed by atoms with Crippen molar-refractivity contribution in [1.82, 2.24) is 14.1 Å². The SMILES string of the molecule is O=c1c2ncccc2n(C2CCCC2)c(=O)n1CC1CCOCC1. The molecule has 0 atom stereocenters. The van der Waals surface area contributed by atoms with Crippen LogP contribution in [0.3, 0.4) is 0 Å². The van der Waals surface area contributed by atoms with Crippen molar-refractivity contribution in [3.63, 3.8) is 0 Å². The summed E-state index contributed by atoms with van der Waals surface area (Å²) in [4.78, 5) is 30.3. The summed E-state index contributed by atoms with van der Waals surface area (Å²) in [6.07, 6.45) is 7.70. The molecule has 1 aliphatic carbocycles. The molecule has 3 heterocycles. The maximum Gasteiger partial charge on any atom is 0.331 e. The Balaban J connectivity index is 1.86. The van der Waals surface area contributed by atoms with E-state index in [-0.39, 0.29) is 17.3 Å². The quantitative estimate of drug-likeness (QED) is 0.865. The molecule has 1 saturated carbocycles. The van der Waals surface area contributed by atoms with Gasteiger partial charge in [-0.15, -0.1) is 0 Å². The largest absolute Gasteiger partial charge is 0.381 e. The molecule has 2 aliphatic rings. The molecule has 128 valence electrons. The molecule has 6 nitrogen and oxygen atoms in total. The summed E-state index contributed by atoms with van der Waals surface area (Å²) in [5, 5.41) is 0. The van der Waals surface area contributed by atoms with E-state index in [2.05, 4.69) is 4.98 Å². The first-order chi connectivity index (χ1) is 11.8. The van der Waals surface area contributed by atoms with Crippen LogP contribution in [0.1, 0.15) is 44.6 Å². The number of pyridine rings is 1. The van der Waals surface area contributed by atoms with E-state index in [0.717, 1.165) is 38.5 Å². The van der Waals surface area contributed by atoms with Crippen LogP contribution in [-0.2, 0) is 11.3 Å². The molecule has 0 amide bonds. The lowest BCUT2D eigenvalue weighted by atomic mass is 10.0. The standard InChI is InChI=1S/C18H23N3O3/c22-17-16-15(6-3-9-19-16)21(14-4-1-2-5-14)18(23)20(17)12-13-7-10-24-11-8-13/h3,6,9,13-14H,1-2,4-5,7-8,10-12H2. The van der Waals surface area contributed by atoms with Gasteiger partial charge < -0.3 is 4.74 Å². The third kappa shape index (κ3) is 2.69. The molecule has 0 radical (unpaired) electrons. The Kier molecular flexibility index (Phi) is 4.22. The monoisotopic (exact) mass is 329 g/mol. The predicted molar refractivity (Wildman–Crippen MR) is 91.3 cm³/mol. The molecule has 1 aliphatic heterocycles. The summed E-state index contributed by atoms with van der Waals surface area (Å²) in [6.45, 7) is 1.89. The van der Waals surface area contributed by atoms with E-state index in [1.165, 1.54) is 4.57 Å². The van der Waals surface area contributed by atoms with E-state index in [1.807, 2.05) is 10.6 Å². The van der Waals surface area contributed by atoms with Crippen LogP contribution in [0.4, 0.5) is 0 Å². The summed E-state index contributed by atoms with van der Waals surface area (Å²) in [6, 6.07) is 3.84. The highest BCUT2D eigenvalue weighted by Crippen LogP contribution is 2.30. The molecule has 2 fully saturated rings. The second kappa shape index (κ2) is 6.51. The summed E-state index contributed by atoms with van der Waals surface area (Å²) in [5.74, 6) is 0.322. The van der Waals surface area contributed by atoms with Crippen molar-refractivity contribution in [2.24, 2.45) is 5.92 Å². The number of rotatable bonds is 3. The fourth-order valence-corrected chi connectivity index (χ4v) is 4.07. The lowest BCUT2D eigenvalue weighted by molar-refractivity contribution is 0.0604. The Morgan fingerprint density at radius 1 is 1.12 bits per heavy atom. The second-order valence-electron chi connectivity index (χ2n) is 6.93. The van der Waals surface area contributed by atoms with Crippen molar-refractivity contribution < 1.29 is 4.74 Å². The summed E-state index contributed by atoms with van der Waals surface area (Å²) in [7, 11) is 0. The van der Waals surface area contributed by atoms with Gasteiger partial charge >= 0.3 is 5.69 Å². The summed E-state index contributed by atoms with van der Waals surface area (Å²) < 4.78 is 8.64. The van der Waals surface area contributed by atoms with Gasteiger partial charge in [-0.25, -0.2) is 9.78 Å². The predicted octanol–water partition coefficient (Wildman–Crippen LogP) is 2.10. The van der Waals surface area contributed by atoms with Crippen molar-refractivity contribution in [1.29, 1.82) is 0 Å². The zero-order valence-corrected chi connectivity index (χ0v) is 13.8. The number of nitrogens with zero attached hydrogens (tertiary/aromatic N) is 3. The average Bonchev–Trinajstić information content (AvgIpc) is 3.14. The van der Waals surface area contributed by atoms with Crippen molar-refractivity contribution in [2.45, 2.75) is 51.1 Å². The highest BCUT2D eigenvalue weighted by Gasteiger charge is 2.25. The van der Waals surface area contributed by atoms with Crippen LogP contribution >= 0.6 is 0 Å². The van der Waals surface area contributed by atoms with Gasteiger partial charge in [0.1, 0.15) is 0 Å². The second-order valence-corrected chi connectivity index (χ2v) is 6.93. The first-order valence-corrected chi connectivity index (χ1v) is 8.93. The Hall–Kier alpha value is -1.95. The number of fused-ring (bicyclic) bond motifs is 1. The van der Waals surface area contributed by atoms with Gasteiger partial charge in [-0.1, -0.05) is 12.8 Å². The third-order valence-corrected chi connectivity index (χ3v) is 5.40. The van der Waals surface area contributed by atoms with Gasteiger partial charge in [-0.2, -0.15) is 0 Å². The molecule has 1 saturated heterocycles. The first kappa shape index (κ1) is 15.6. The fraction of sp³-hybridized carbons (Fsp3) is 0.611. The highest BCUT2D eigenvalue weighted by atomic mass is 16.5. The summed E-state index contributed by atoms with van der Waals surface area (Å²) >= 11 is 0. The van der Waals surface area contributed by atoms with Gasteiger partial charge in [0.2, 0.25) is 0 Å². The van der Waals surface area contributed by atoms with E-state index < -0.39 is 0 Å². The zero-order chi connectivity index (χ0) is 16.5. The maximum absolute atomic E-state index is 13.1. The molecular weight excluding hydrogens is 306 g/mol. The van der Waals surface area contributed by atoms with Crippen LogP contribution in [0, 0.1) is 5.92 Å². The number of ether oxygens (including phenoxy) is 1. The molecule has 0 aromatic carbocycles. The minimum atomic E-state index is -0.253. The van der Waals surface area contributed by atoms with Crippen LogP contribution in [0.15, 0.2) is 27.9 Å². The van der Waals surface area contributed by atoms with Crippen LogP contribution in [0.5, 0.6) is 0 Å². The average molecular weight is 329 g/mol. The number of hydrogen-bond donors (Lipinski definition) is 0. The molecule has 0 unspecified atom stereocenters. The van der Waals surface area contributed by atoms with E-state index >= 15 is 0 Å². The molecule has 6 heteroatoms. The highest BCUT2D eigenvalue weighted by molar-refractivity contribution is 5.73. The van der Waals surface area contributed by atoms with Gasteiger partial charge in [0.05, 0.1) is 5.52 Å². The topological polar surface area (TPSA) is 66.1 Å². The Morgan fingerprint density at radius 3 is 2.62 bits per heavy atom. The Labute approximate surface area is 140 Å². The number of aromatic nitrogens is 3. The Morgan fingerprint density at radius 2 is 1.88 bits per heavy atom. The molecule has 0 bridgehead atoms. The van der Waals surface area contributed by atoms with Crippen molar-refractivity contribution in [3.8, 4) is 0 Å². The third-order valence-electron chi connectivity index (χ3n) is 5.40. The van der Waals surface area contributed by atoms with Crippen molar-refractivity contribution in [2.75, 3.05) is 13.2 Å². The lowest BCUT2D eigenvalue weighted by Gasteiger charge is -2.24. The van der Waals surface area contributed by atoms with Gasteiger partial charge in [0.15, 0.2) is 5.52 Å². The van der Waals surface area contributed by atoms with Crippen molar-refractivity contribution in [3.05, 3.63) is 39.2 Å². The van der Waals surface area contributed by atoms with E-state index in [0.29, 0.717) is 36.7 Å². The van der Waals surface area contributed by atoms with Gasteiger partial charge in [-0.3, -0.25) is 13.9 Å². The molecule has 4 rings (SSSR count). The molecular formula is C18H23N3O3. The van der Waals surface area contributed by atoms with Crippen LogP contribution in [0.25, 0.3) is 11.0 Å². The van der Waals surface area contributed by atoms with Crippen LogP contribution < -0.4 is 11.2 Å². The van der Waals surface area contributed by atoms with Crippen molar-refractivity contribution >= 4 is 11.0 Å². The van der Waals surface area contributed by atoms with Gasteiger partial charge in [0, 0.05) is 32.0 Å². The van der Waals surface area contributed by atoms with Gasteiger partial charge in [0.25, 0.3) is 5.56 Å².